The molecule has 2 rings (SSSR count). The van der Waals surface area contributed by atoms with Gasteiger partial charge in [0.1, 0.15) is 0 Å². The van der Waals surface area contributed by atoms with Gasteiger partial charge in [-0.3, -0.25) is 0 Å². The fourth-order valence-corrected chi connectivity index (χ4v) is 2.18. The quantitative estimate of drug-likeness (QED) is 0.636. The van der Waals surface area contributed by atoms with Gasteiger partial charge in [-0.25, -0.2) is 9.98 Å². The molecule has 0 aliphatic heterocycles. The summed E-state index contributed by atoms with van der Waals surface area (Å²) >= 11 is 0. The van der Waals surface area contributed by atoms with Gasteiger partial charge in [0.2, 0.25) is 5.88 Å². The summed E-state index contributed by atoms with van der Waals surface area (Å²) in [5.74, 6) is 1.40. The van der Waals surface area contributed by atoms with Gasteiger partial charge in [0.25, 0.3) is 0 Å². The summed E-state index contributed by atoms with van der Waals surface area (Å²) < 4.78 is 5.14. The monoisotopic (exact) mass is 312 g/mol. The van der Waals surface area contributed by atoms with Crippen LogP contribution in [0, 0.1) is 0 Å². The number of aromatic nitrogens is 1. The number of nitrogens with zero attached hydrogens (tertiary/aromatic N) is 2. The molecule has 0 radical (unpaired) electrons. The summed E-state index contributed by atoms with van der Waals surface area (Å²) in [6, 6.07) is 14.3. The molecule has 1 aromatic carbocycles. The topological polar surface area (TPSA) is 58.5 Å². The average Bonchev–Trinajstić information content (AvgIpc) is 2.60. The van der Waals surface area contributed by atoms with Crippen molar-refractivity contribution in [3.63, 3.8) is 0 Å². The minimum Gasteiger partial charge on any atom is -0.481 e. The van der Waals surface area contributed by atoms with E-state index in [2.05, 4.69) is 46.6 Å². The summed E-state index contributed by atoms with van der Waals surface area (Å²) in [5, 5.41) is 6.70. The predicted molar refractivity (Wildman–Crippen MR) is 93.6 cm³/mol. The van der Waals surface area contributed by atoms with Gasteiger partial charge in [0.05, 0.1) is 19.7 Å². The molecule has 0 aliphatic rings. The van der Waals surface area contributed by atoms with Crippen molar-refractivity contribution in [3.8, 4) is 5.88 Å². The Kier molecular flexibility index (Phi) is 6.41. The van der Waals surface area contributed by atoms with Crippen LogP contribution in [-0.2, 0) is 6.54 Å². The Bertz CT molecular complexity index is 628. The normalized spacial score (nSPS) is 12.6. The first-order valence-corrected chi connectivity index (χ1v) is 7.81. The third-order valence-electron chi connectivity index (χ3n) is 3.43. The zero-order valence-electron chi connectivity index (χ0n) is 13.9. The molecule has 23 heavy (non-hydrogen) atoms. The Morgan fingerprint density at radius 1 is 1.26 bits per heavy atom. The molecule has 0 saturated heterocycles. The van der Waals surface area contributed by atoms with E-state index in [1.54, 1.807) is 13.3 Å². The van der Waals surface area contributed by atoms with Crippen molar-refractivity contribution in [1.82, 2.24) is 15.6 Å². The van der Waals surface area contributed by atoms with Crippen molar-refractivity contribution in [2.24, 2.45) is 4.99 Å². The first-order chi connectivity index (χ1) is 11.2. The number of nitrogens with one attached hydrogen (secondary N) is 2. The smallest absolute Gasteiger partial charge is 0.213 e. The first kappa shape index (κ1) is 16.8. The highest BCUT2D eigenvalue weighted by Crippen LogP contribution is 2.12. The molecule has 5 nitrogen and oxygen atoms in total. The molecule has 0 fully saturated rings. The van der Waals surface area contributed by atoms with E-state index in [0.29, 0.717) is 12.4 Å². The average molecular weight is 312 g/mol. The van der Waals surface area contributed by atoms with Crippen LogP contribution in [-0.4, -0.2) is 24.6 Å². The maximum atomic E-state index is 5.14. The van der Waals surface area contributed by atoms with Gasteiger partial charge in [-0.1, -0.05) is 30.3 Å². The van der Waals surface area contributed by atoms with Crippen LogP contribution in [0.2, 0.25) is 0 Å². The lowest BCUT2D eigenvalue weighted by Gasteiger charge is -2.18. The maximum absolute atomic E-state index is 5.14. The summed E-state index contributed by atoms with van der Waals surface area (Å²) in [4.78, 5) is 8.74. The summed E-state index contributed by atoms with van der Waals surface area (Å²) in [7, 11) is 1.61. The van der Waals surface area contributed by atoms with E-state index in [1.807, 2.05) is 30.3 Å². The number of aliphatic imine (C=N–C) groups is 1. The molecule has 0 saturated carbocycles. The van der Waals surface area contributed by atoms with Crippen molar-refractivity contribution in [2.45, 2.75) is 26.4 Å². The number of rotatable bonds is 6. The zero-order valence-corrected chi connectivity index (χ0v) is 13.9. The number of methoxy groups -OCH3 is 1. The highest BCUT2D eigenvalue weighted by atomic mass is 16.5. The van der Waals surface area contributed by atoms with Gasteiger partial charge in [0.15, 0.2) is 5.96 Å². The van der Waals surface area contributed by atoms with Crippen LogP contribution in [0.25, 0.3) is 0 Å². The molecule has 0 spiro atoms. The van der Waals surface area contributed by atoms with Crippen molar-refractivity contribution >= 4 is 5.96 Å². The number of guanidine groups is 1. The lowest BCUT2D eigenvalue weighted by Crippen LogP contribution is -2.38. The van der Waals surface area contributed by atoms with E-state index in [-0.39, 0.29) is 6.04 Å². The van der Waals surface area contributed by atoms with Gasteiger partial charge in [-0.15, -0.1) is 0 Å². The fraction of sp³-hybridized carbons (Fsp3) is 0.333. The molecular weight excluding hydrogens is 288 g/mol. The van der Waals surface area contributed by atoms with Crippen molar-refractivity contribution in [3.05, 3.63) is 59.8 Å². The minimum atomic E-state index is 0.181. The third-order valence-corrected chi connectivity index (χ3v) is 3.43. The largest absolute Gasteiger partial charge is 0.481 e. The van der Waals surface area contributed by atoms with Crippen LogP contribution in [0.3, 0.4) is 0 Å². The molecule has 1 atom stereocenters. The van der Waals surface area contributed by atoms with Gasteiger partial charge in [-0.2, -0.15) is 0 Å². The van der Waals surface area contributed by atoms with E-state index < -0.39 is 0 Å². The number of ether oxygens (including phenoxy) is 1. The van der Waals surface area contributed by atoms with Crippen LogP contribution in [0.4, 0.5) is 0 Å². The summed E-state index contributed by atoms with van der Waals surface area (Å²) in [6.45, 7) is 5.56. The molecule has 2 N–H and O–H groups in total. The van der Waals surface area contributed by atoms with Crippen molar-refractivity contribution in [1.29, 1.82) is 0 Å². The predicted octanol–water partition coefficient (Wildman–Crippen LogP) is 2.91. The first-order valence-electron chi connectivity index (χ1n) is 7.81. The van der Waals surface area contributed by atoms with Crippen LogP contribution in [0.5, 0.6) is 5.88 Å². The molecule has 0 aliphatic carbocycles. The minimum absolute atomic E-state index is 0.181. The second-order valence-corrected chi connectivity index (χ2v) is 5.18. The standard InChI is InChI=1S/C18H24N4O/c1-4-19-18(22-14(2)16-8-6-5-7-9-16)21-13-15-10-11-20-17(12-15)23-3/h5-12,14H,4,13H2,1-3H3,(H2,19,21,22). The van der Waals surface area contributed by atoms with Crippen molar-refractivity contribution < 1.29 is 4.74 Å². The summed E-state index contributed by atoms with van der Waals surface area (Å²) in [6.07, 6.45) is 1.73. The molecule has 1 heterocycles. The maximum Gasteiger partial charge on any atom is 0.213 e. The van der Waals surface area contributed by atoms with Crippen LogP contribution in [0.1, 0.15) is 31.0 Å². The van der Waals surface area contributed by atoms with E-state index in [9.17, 15) is 0 Å². The van der Waals surface area contributed by atoms with Crippen LogP contribution >= 0.6 is 0 Å². The van der Waals surface area contributed by atoms with Crippen LogP contribution in [0.15, 0.2) is 53.7 Å². The number of pyridine rings is 1. The number of benzene rings is 1. The lowest BCUT2D eigenvalue weighted by atomic mass is 10.1. The highest BCUT2D eigenvalue weighted by Gasteiger charge is 2.07. The Morgan fingerprint density at radius 3 is 2.74 bits per heavy atom. The van der Waals surface area contributed by atoms with Crippen molar-refractivity contribution in [2.75, 3.05) is 13.7 Å². The second kappa shape index (κ2) is 8.78. The van der Waals surface area contributed by atoms with Gasteiger partial charge in [0, 0.05) is 18.8 Å². The van der Waals surface area contributed by atoms with Crippen LogP contribution < -0.4 is 15.4 Å². The molecule has 5 heteroatoms. The molecule has 0 bridgehead atoms. The molecule has 0 amide bonds. The molecule has 1 unspecified atom stereocenters. The zero-order chi connectivity index (χ0) is 16.5. The molecule has 1 aromatic heterocycles. The van der Waals surface area contributed by atoms with Gasteiger partial charge >= 0.3 is 0 Å². The Labute approximate surface area is 137 Å². The van der Waals surface area contributed by atoms with E-state index in [1.165, 1.54) is 5.56 Å². The molecule has 2 aromatic rings. The van der Waals surface area contributed by atoms with E-state index in [4.69, 9.17) is 4.74 Å². The Balaban J connectivity index is 2.04. The Hall–Kier alpha value is -2.56. The van der Waals surface area contributed by atoms with E-state index >= 15 is 0 Å². The molecule has 122 valence electrons. The van der Waals surface area contributed by atoms with Gasteiger partial charge in [-0.05, 0) is 31.0 Å². The van der Waals surface area contributed by atoms with E-state index in [0.717, 1.165) is 18.1 Å². The highest BCUT2D eigenvalue weighted by molar-refractivity contribution is 5.80. The fourth-order valence-electron chi connectivity index (χ4n) is 2.18. The molecular formula is C18H24N4O. The number of hydrogen-bond acceptors (Lipinski definition) is 3. The second-order valence-electron chi connectivity index (χ2n) is 5.18. The van der Waals surface area contributed by atoms with Gasteiger partial charge < -0.3 is 15.4 Å². The Morgan fingerprint density at radius 2 is 2.04 bits per heavy atom. The SMILES string of the molecule is CCNC(=NCc1ccnc(OC)c1)NC(C)c1ccccc1. The lowest BCUT2D eigenvalue weighted by molar-refractivity contribution is 0.397. The third kappa shape index (κ3) is 5.29. The summed E-state index contributed by atoms with van der Waals surface area (Å²) in [5.41, 5.74) is 2.28. The number of hydrogen-bond donors (Lipinski definition) is 2.